The summed E-state index contributed by atoms with van der Waals surface area (Å²) in [5.74, 6) is -0.663. The molecule has 1 saturated heterocycles. The van der Waals surface area contributed by atoms with Crippen LogP contribution in [-0.2, 0) is 20.7 Å². The average Bonchev–Trinajstić information content (AvgIpc) is 3.22. The van der Waals surface area contributed by atoms with Crippen molar-refractivity contribution in [2.75, 3.05) is 26.2 Å². The summed E-state index contributed by atoms with van der Waals surface area (Å²) in [6.45, 7) is 6.07. The highest BCUT2D eigenvalue weighted by Crippen LogP contribution is 2.22. The van der Waals surface area contributed by atoms with Gasteiger partial charge in [-0.15, -0.1) is 0 Å². The zero-order valence-corrected chi connectivity index (χ0v) is 16.5. The fourth-order valence-electron chi connectivity index (χ4n) is 3.52. The zero-order valence-electron chi connectivity index (χ0n) is 16.5. The number of ether oxygens (including phenoxy) is 1. The largest absolute Gasteiger partial charge is 0.379 e. The Balaban J connectivity index is 1.46. The minimum Gasteiger partial charge on any atom is -0.379 e. The van der Waals surface area contributed by atoms with E-state index < -0.39 is 0 Å². The Morgan fingerprint density at radius 3 is 3.04 bits per heavy atom. The second-order valence-electron chi connectivity index (χ2n) is 7.56. The summed E-state index contributed by atoms with van der Waals surface area (Å²) in [6.07, 6.45) is 3.66. The topological polar surface area (TPSA) is 74.4 Å². The van der Waals surface area contributed by atoms with Crippen molar-refractivity contribution in [3.63, 3.8) is 0 Å². The molecule has 6 nitrogen and oxygen atoms in total. The molecule has 2 heterocycles. The number of nitrogens with one attached hydrogen (secondary N) is 2. The van der Waals surface area contributed by atoms with Gasteiger partial charge < -0.3 is 19.9 Å². The standard InChI is InChI=1S/C21H28FN3O3/c1-14(2)28-9-3-7-23-21(27)16-10-20(26)25(13-16)8-6-15-12-24-19-5-4-17(22)11-18(15)19/h4-5,11-12,14,16,24H,3,6-10,13H2,1-2H3,(H,23,27)/t16-/m0/s1. The van der Waals surface area contributed by atoms with Gasteiger partial charge in [0.25, 0.3) is 0 Å². The lowest BCUT2D eigenvalue weighted by atomic mass is 10.1. The van der Waals surface area contributed by atoms with E-state index in [1.807, 2.05) is 20.0 Å². The number of aromatic nitrogens is 1. The number of nitrogens with zero attached hydrogens (tertiary/aromatic N) is 1. The van der Waals surface area contributed by atoms with Gasteiger partial charge in [0.2, 0.25) is 11.8 Å². The summed E-state index contributed by atoms with van der Waals surface area (Å²) in [5, 5.41) is 3.73. The molecular weight excluding hydrogens is 361 g/mol. The number of H-pyrrole nitrogens is 1. The lowest BCUT2D eigenvalue weighted by Crippen LogP contribution is -2.34. The Labute approximate surface area is 164 Å². The molecule has 0 bridgehead atoms. The van der Waals surface area contributed by atoms with E-state index in [1.54, 1.807) is 11.0 Å². The van der Waals surface area contributed by atoms with E-state index in [4.69, 9.17) is 4.74 Å². The number of aromatic amines is 1. The quantitative estimate of drug-likeness (QED) is 0.648. The third-order valence-electron chi connectivity index (χ3n) is 5.04. The molecule has 1 atom stereocenters. The molecule has 28 heavy (non-hydrogen) atoms. The smallest absolute Gasteiger partial charge is 0.225 e. The Hall–Kier alpha value is -2.41. The number of benzene rings is 1. The van der Waals surface area contributed by atoms with Gasteiger partial charge in [-0.3, -0.25) is 9.59 Å². The number of hydrogen-bond acceptors (Lipinski definition) is 3. The van der Waals surface area contributed by atoms with Crippen LogP contribution in [0, 0.1) is 11.7 Å². The van der Waals surface area contributed by atoms with Gasteiger partial charge in [-0.1, -0.05) is 0 Å². The Bertz CT molecular complexity index is 833. The van der Waals surface area contributed by atoms with Gasteiger partial charge in [0.05, 0.1) is 12.0 Å². The second kappa shape index (κ2) is 9.19. The van der Waals surface area contributed by atoms with Gasteiger partial charge in [0.1, 0.15) is 5.82 Å². The van der Waals surface area contributed by atoms with Crippen molar-refractivity contribution in [1.29, 1.82) is 0 Å². The van der Waals surface area contributed by atoms with Crippen LogP contribution in [0.25, 0.3) is 10.9 Å². The van der Waals surface area contributed by atoms with E-state index in [-0.39, 0.29) is 36.1 Å². The third-order valence-corrected chi connectivity index (χ3v) is 5.04. The molecule has 1 aromatic heterocycles. The van der Waals surface area contributed by atoms with Crippen LogP contribution < -0.4 is 5.32 Å². The molecule has 3 rings (SSSR count). The molecule has 0 saturated carbocycles. The second-order valence-corrected chi connectivity index (χ2v) is 7.56. The van der Waals surface area contributed by atoms with Crippen LogP contribution >= 0.6 is 0 Å². The summed E-state index contributed by atoms with van der Waals surface area (Å²) in [5.41, 5.74) is 1.85. The number of likely N-dealkylation sites (tertiary alicyclic amines) is 1. The van der Waals surface area contributed by atoms with Crippen LogP contribution in [-0.4, -0.2) is 54.0 Å². The zero-order chi connectivity index (χ0) is 20.1. The van der Waals surface area contributed by atoms with Crippen LogP contribution in [0.2, 0.25) is 0 Å². The lowest BCUT2D eigenvalue weighted by Gasteiger charge is -2.16. The number of hydrogen-bond donors (Lipinski definition) is 2. The Morgan fingerprint density at radius 1 is 1.43 bits per heavy atom. The molecule has 0 spiro atoms. The highest BCUT2D eigenvalue weighted by Gasteiger charge is 2.33. The van der Waals surface area contributed by atoms with Crippen molar-refractivity contribution in [2.45, 2.75) is 39.2 Å². The number of carbonyl (C=O) groups excluding carboxylic acids is 2. The Morgan fingerprint density at radius 2 is 2.25 bits per heavy atom. The fourth-order valence-corrected chi connectivity index (χ4v) is 3.52. The van der Waals surface area contributed by atoms with E-state index in [0.717, 1.165) is 22.9 Å². The van der Waals surface area contributed by atoms with Crippen LogP contribution in [0.15, 0.2) is 24.4 Å². The summed E-state index contributed by atoms with van der Waals surface area (Å²) < 4.78 is 18.9. The van der Waals surface area contributed by atoms with Crippen LogP contribution in [0.4, 0.5) is 4.39 Å². The predicted molar refractivity (Wildman–Crippen MR) is 105 cm³/mol. The highest BCUT2D eigenvalue weighted by atomic mass is 19.1. The van der Waals surface area contributed by atoms with Gasteiger partial charge in [-0.2, -0.15) is 0 Å². The number of amides is 2. The van der Waals surface area contributed by atoms with Crippen LogP contribution in [0.5, 0.6) is 0 Å². The molecule has 2 aromatic rings. The monoisotopic (exact) mass is 389 g/mol. The van der Waals surface area contributed by atoms with E-state index in [9.17, 15) is 14.0 Å². The van der Waals surface area contributed by atoms with E-state index in [0.29, 0.717) is 32.7 Å². The maximum atomic E-state index is 13.5. The third kappa shape index (κ3) is 5.10. The Kier molecular flexibility index (Phi) is 6.67. The first-order chi connectivity index (χ1) is 13.4. The van der Waals surface area contributed by atoms with Crippen molar-refractivity contribution in [3.8, 4) is 0 Å². The van der Waals surface area contributed by atoms with E-state index in [2.05, 4.69) is 10.3 Å². The molecule has 1 aliphatic rings. The van der Waals surface area contributed by atoms with E-state index in [1.165, 1.54) is 12.1 Å². The lowest BCUT2D eigenvalue weighted by molar-refractivity contribution is -0.129. The molecule has 152 valence electrons. The predicted octanol–water partition coefficient (Wildman–Crippen LogP) is 2.63. The summed E-state index contributed by atoms with van der Waals surface area (Å²) in [4.78, 5) is 29.4. The van der Waals surface area contributed by atoms with Crippen molar-refractivity contribution in [3.05, 3.63) is 35.8 Å². The maximum Gasteiger partial charge on any atom is 0.225 e. The van der Waals surface area contributed by atoms with Crippen LogP contribution in [0.1, 0.15) is 32.3 Å². The molecule has 0 radical (unpaired) electrons. The summed E-state index contributed by atoms with van der Waals surface area (Å²) in [6, 6.07) is 4.64. The molecule has 1 aromatic carbocycles. The van der Waals surface area contributed by atoms with Gasteiger partial charge >= 0.3 is 0 Å². The van der Waals surface area contributed by atoms with Gasteiger partial charge in [0.15, 0.2) is 0 Å². The van der Waals surface area contributed by atoms with Gasteiger partial charge in [-0.05, 0) is 50.5 Å². The molecule has 0 unspecified atom stereocenters. The molecule has 0 aliphatic carbocycles. The molecule has 2 N–H and O–H groups in total. The van der Waals surface area contributed by atoms with Gasteiger partial charge in [0, 0.05) is 49.8 Å². The fraction of sp³-hybridized carbons (Fsp3) is 0.524. The molecule has 7 heteroatoms. The first-order valence-corrected chi connectivity index (χ1v) is 9.86. The van der Waals surface area contributed by atoms with Crippen molar-refractivity contribution in [2.24, 2.45) is 5.92 Å². The van der Waals surface area contributed by atoms with Crippen molar-refractivity contribution < 1.29 is 18.7 Å². The highest BCUT2D eigenvalue weighted by molar-refractivity contribution is 5.89. The molecule has 1 aliphatic heterocycles. The molecule has 1 fully saturated rings. The number of rotatable bonds is 9. The summed E-state index contributed by atoms with van der Waals surface area (Å²) >= 11 is 0. The van der Waals surface area contributed by atoms with Crippen molar-refractivity contribution >= 4 is 22.7 Å². The van der Waals surface area contributed by atoms with E-state index >= 15 is 0 Å². The average molecular weight is 389 g/mol. The first-order valence-electron chi connectivity index (χ1n) is 9.86. The molecule has 2 amide bonds. The minimum atomic E-state index is -0.307. The van der Waals surface area contributed by atoms with Crippen molar-refractivity contribution in [1.82, 2.24) is 15.2 Å². The normalized spacial score (nSPS) is 17.1. The summed E-state index contributed by atoms with van der Waals surface area (Å²) in [7, 11) is 0. The molecular formula is C21H28FN3O3. The van der Waals surface area contributed by atoms with Crippen LogP contribution in [0.3, 0.4) is 0 Å². The maximum absolute atomic E-state index is 13.5. The van der Waals surface area contributed by atoms with Gasteiger partial charge in [-0.25, -0.2) is 4.39 Å². The number of halogens is 1. The SMILES string of the molecule is CC(C)OCCCNC(=O)[C@H]1CC(=O)N(CCc2c[nH]c3ccc(F)cc23)C1. The first kappa shape index (κ1) is 20.3. The number of carbonyl (C=O) groups is 2. The minimum absolute atomic E-state index is 0.00527. The number of fused-ring (bicyclic) bond motifs is 1.